The van der Waals surface area contributed by atoms with E-state index in [1.54, 1.807) is 18.2 Å². The van der Waals surface area contributed by atoms with Crippen molar-refractivity contribution >= 4 is 23.1 Å². The molecule has 35 heavy (non-hydrogen) atoms. The number of hydrogen-bond acceptors (Lipinski definition) is 5. The fourth-order valence-corrected chi connectivity index (χ4v) is 4.19. The highest BCUT2D eigenvalue weighted by Gasteiger charge is 2.26. The van der Waals surface area contributed by atoms with E-state index in [4.69, 9.17) is 15.2 Å². The van der Waals surface area contributed by atoms with Gasteiger partial charge in [0.2, 0.25) is 0 Å². The van der Waals surface area contributed by atoms with Crippen molar-refractivity contribution < 1.29 is 24.5 Å². The molecule has 8 heteroatoms. The van der Waals surface area contributed by atoms with Gasteiger partial charge in [-0.3, -0.25) is 4.79 Å². The molecule has 0 saturated carbocycles. The average molecular weight is 484 g/mol. The van der Waals surface area contributed by atoms with Gasteiger partial charge < -0.3 is 15.3 Å². The molecule has 7 nitrogen and oxygen atoms in total. The minimum atomic E-state index is -1.17. The molecule has 0 unspecified atom stereocenters. The first-order chi connectivity index (χ1) is 16.3. The van der Waals surface area contributed by atoms with E-state index in [1.807, 2.05) is 25.5 Å². The molecule has 2 heterocycles. The van der Waals surface area contributed by atoms with Crippen LogP contribution in [0.4, 0.5) is 4.39 Å². The quantitative estimate of drug-likeness (QED) is 0.415. The Balaban J connectivity index is 2.27. The van der Waals surface area contributed by atoms with Crippen LogP contribution in [0.3, 0.4) is 0 Å². The van der Waals surface area contributed by atoms with E-state index >= 15 is 0 Å². The summed E-state index contributed by atoms with van der Waals surface area (Å²) >= 11 is 0. The summed E-state index contributed by atoms with van der Waals surface area (Å²) in [6.45, 7) is 12.1. The van der Waals surface area contributed by atoms with Crippen molar-refractivity contribution in [1.82, 2.24) is 14.8 Å². The molecule has 3 rings (SSSR count). The molecule has 0 fully saturated rings. The smallest absolute Gasteiger partial charge is 0.305 e. The number of aliphatic carboxylic acids is 1. The van der Waals surface area contributed by atoms with Crippen molar-refractivity contribution in [2.75, 3.05) is 0 Å². The third kappa shape index (κ3) is 5.94. The fourth-order valence-electron chi connectivity index (χ4n) is 4.19. The molecule has 0 spiro atoms. The van der Waals surface area contributed by atoms with Crippen LogP contribution in [0.5, 0.6) is 0 Å². The lowest BCUT2D eigenvalue weighted by Gasteiger charge is -2.22. The number of aliphatic hydroxyl groups excluding tert-OH is 2. The van der Waals surface area contributed by atoms with E-state index in [-0.39, 0.29) is 23.7 Å². The third-order valence-corrected chi connectivity index (χ3v) is 5.78. The van der Waals surface area contributed by atoms with Crippen LogP contribution in [-0.4, -0.2) is 48.3 Å². The molecule has 3 aromatic rings. The maximum atomic E-state index is 13.8. The standard InChI is InChI=1S/C27H34FN3O4/c1-15(2)25-21(12-11-19(32)13-20(33)14-22(34)35)24(17-7-9-18(28)10-8-17)23-16(3)30-31(26(23)29-25)27(4,5)6/h7-12,15,19-20,32-33H,13-14H2,1-6H3,(H,34,35)/b12-11+/t19-,20-/m1/s1. The fraction of sp³-hybridized carbons (Fsp3) is 0.444. The largest absolute Gasteiger partial charge is 0.481 e. The monoisotopic (exact) mass is 483 g/mol. The minimum absolute atomic E-state index is 0.0246. The Morgan fingerprint density at radius 2 is 1.80 bits per heavy atom. The zero-order valence-corrected chi connectivity index (χ0v) is 21.1. The van der Waals surface area contributed by atoms with Gasteiger partial charge in [0.25, 0.3) is 0 Å². The second kappa shape index (κ2) is 10.3. The van der Waals surface area contributed by atoms with Crippen LogP contribution >= 0.6 is 0 Å². The Bertz CT molecular complexity index is 1240. The Hall–Kier alpha value is -3.10. The van der Waals surface area contributed by atoms with Crippen molar-refractivity contribution in [3.8, 4) is 11.1 Å². The third-order valence-electron chi connectivity index (χ3n) is 5.78. The molecule has 0 aliphatic rings. The van der Waals surface area contributed by atoms with Gasteiger partial charge in [-0.25, -0.2) is 14.1 Å². The highest BCUT2D eigenvalue weighted by atomic mass is 19.1. The number of nitrogens with zero attached hydrogens (tertiary/aromatic N) is 3. The highest BCUT2D eigenvalue weighted by molar-refractivity contribution is 6.00. The Kier molecular flexibility index (Phi) is 7.77. The van der Waals surface area contributed by atoms with Crippen LogP contribution in [0.1, 0.15) is 70.3 Å². The lowest BCUT2D eigenvalue weighted by Crippen LogP contribution is -2.23. The number of hydrogen-bond donors (Lipinski definition) is 3. The summed E-state index contributed by atoms with van der Waals surface area (Å²) in [6.07, 6.45) is 0.521. The number of aryl methyl sites for hydroxylation is 1. The normalized spacial score (nSPS) is 14.2. The number of carboxylic acids is 1. The number of rotatable bonds is 8. The van der Waals surface area contributed by atoms with Crippen LogP contribution in [0.2, 0.25) is 0 Å². The number of aliphatic hydroxyl groups is 2. The number of benzene rings is 1. The zero-order chi connectivity index (χ0) is 26.1. The summed E-state index contributed by atoms with van der Waals surface area (Å²) in [4.78, 5) is 15.9. The summed E-state index contributed by atoms with van der Waals surface area (Å²) in [7, 11) is 0. The second-order valence-electron chi connectivity index (χ2n) is 10.2. The first kappa shape index (κ1) is 26.5. The van der Waals surface area contributed by atoms with E-state index in [9.17, 15) is 19.4 Å². The van der Waals surface area contributed by atoms with Gasteiger partial charge in [0.15, 0.2) is 5.65 Å². The molecular weight excluding hydrogens is 449 g/mol. The zero-order valence-electron chi connectivity index (χ0n) is 21.1. The first-order valence-electron chi connectivity index (χ1n) is 11.7. The van der Waals surface area contributed by atoms with E-state index < -0.39 is 24.6 Å². The summed E-state index contributed by atoms with van der Waals surface area (Å²) < 4.78 is 15.7. The van der Waals surface area contributed by atoms with Gasteiger partial charge in [-0.05, 0) is 51.3 Å². The molecule has 1 aromatic carbocycles. The number of carboxylic acid groups (broad SMARTS) is 1. The molecule has 2 atom stereocenters. The predicted molar refractivity (Wildman–Crippen MR) is 135 cm³/mol. The molecule has 0 aliphatic heterocycles. The molecule has 0 saturated heterocycles. The Morgan fingerprint density at radius 1 is 1.17 bits per heavy atom. The first-order valence-corrected chi connectivity index (χ1v) is 11.7. The summed E-state index contributed by atoms with van der Waals surface area (Å²) in [5.74, 6) is -1.45. The average Bonchev–Trinajstić information content (AvgIpc) is 3.08. The van der Waals surface area contributed by atoms with E-state index in [0.29, 0.717) is 0 Å². The second-order valence-corrected chi connectivity index (χ2v) is 10.2. The van der Waals surface area contributed by atoms with Gasteiger partial charge in [0.05, 0.1) is 40.9 Å². The van der Waals surface area contributed by atoms with Gasteiger partial charge in [0.1, 0.15) is 5.82 Å². The molecule has 2 aromatic heterocycles. The van der Waals surface area contributed by atoms with Crippen molar-refractivity contribution in [3.05, 3.63) is 53.1 Å². The maximum Gasteiger partial charge on any atom is 0.305 e. The number of pyridine rings is 1. The van der Waals surface area contributed by atoms with Gasteiger partial charge in [-0.15, -0.1) is 0 Å². The predicted octanol–water partition coefficient (Wildman–Crippen LogP) is 5.02. The Labute approximate surface area is 204 Å². The molecule has 0 radical (unpaired) electrons. The number of halogens is 1. The van der Waals surface area contributed by atoms with Gasteiger partial charge in [-0.1, -0.05) is 38.1 Å². The number of aromatic nitrogens is 3. The van der Waals surface area contributed by atoms with Crippen molar-refractivity contribution in [1.29, 1.82) is 0 Å². The van der Waals surface area contributed by atoms with Crippen LogP contribution in [0.15, 0.2) is 30.3 Å². The number of fused-ring (bicyclic) bond motifs is 1. The van der Waals surface area contributed by atoms with Crippen molar-refractivity contribution in [2.24, 2.45) is 0 Å². The lowest BCUT2D eigenvalue weighted by molar-refractivity contribution is -0.139. The van der Waals surface area contributed by atoms with Crippen LogP contribution < -0.4 is 0 Å². The van der Waals surface area contributed by atoms with E-state index in [2.05, 4.69) is 20.8 Å². The minimum Gasteiger partial charge on any atom is -0.481 e. The van der Waals surface area contributed by atoms with Crippen LogP contribution in [-0.2, 0) is 10.3 Å². The maximum absolute atomic E-state index is 13.8. The van der Waals surface area contributed by atoms with Gasteiger partial charge >= 0.3 is 5.97 Å². The molecule has 188 valence electrons. The highest BCUT2D eigenvalue weighted by Crippen LogP contribution is 2.39. The summed E-state index contributed by atoms with van der Waals surface area (Å²) in [6, 6.07) is 6.24. The van der Waals surface area contributed by atoms with Gasteiger partial charge in [0, 0.05) is 17.5 Å². The van der Waals surface area contributed by atoms with Crippen LogP contribution in [0.25, 0.3) is 28.2 Å². The lowest BCUT2D eigenvalue weighted by atomic mass is 9.90. The molecule has 3 N–H and O–H groups in total. The molecular formula is C27H34FN3O4. The van der Waals surface area contributed by atoms with Crippen LogP contribution in [0, 0.1) is 12.7 Å². The SMILES string of the molecule is Cc1nn(C(C)(C)C)c2nc(C(C)C)c(/C=C/[C@@H](O)C[C@@H](O)CC(=O)O)c(-c3ccc(F)cc3)c12. The summed E-state index contributed by atoms with van der Waals surface area (Å²) in [5, 5.41) is 34.9. The molecule has 0 aliphatic carbocycles. The number of carbonyl (C=O) groups is 1. The van der Waals surface area contributed by atoms with Crippen molar-refractivity contribution in [2.45, 2.75) is 78.0 Å². The molecule has 0 amide bonds. The topological polar surface area (TPSA) is 108 Å². The van der Waals surface area contributed by atoms with E-state index in [0.717, 1.165) is 39.1 Å². The Morgan fingerprint density at radius 3 is 2.34 bits per heavy atom. The summed E-state index contributed by atoms with van der Waals surface area (Å²) in [5.41, 5.74) is 4.37. The van der Waals surface area contributed by atoms with Crippen molar-refractivity contribution in [3.63, 3.8) is 0 Å². The molecule has 0 bridgehead atoms. The van der Waals surface area contributed by atoms with Gasteiger partial charge in [-0.2, -0.15) is 5.10 Å². The van der Waals surface area contributed by atoms with E-state index in [1.165, 1.54) is 18.2 Å².